The fourth-order valence-electron chi connectivity index (χ4n) is 3.43. The summed E-state index contributed by atoms with van der Waals surface area (Å²) in [4.78, 5) is 0. The van der Waals surface area contributed by atoms with Gasteiger partial charge in [-0.2, -0.15) is 13.2 Å². The van der Waals surface area contributed by atoms with Gasteiger partial charge in [0.05, 0.1) is 0 Å². The highest BCUT2D eigenvalue weighted by atomic mass is 127. The molecule has 0 radical (unpaired) electrons. The molecule has 1 saturated carbocycles. The van der Waals surface area contributed by atoms with Crippen molar-refractivity contribution in [3.05, 3.63) is 0 Å². The van der Waals surface area contributed by atoms with Gasteiger partial charge in [-0.3, -0.25) is 0 Å². The minimum Gasteiger partial charge on any atom is -0.227 e. The average Bonchev–Trinajstić information content (AvgIpc) is 2.51. The molecule has 1 aliphatic carbocycles. The van der Waals surface area contributed by atoms with Gasteiger partial charge in [0.1, 0.15) is 0 Å². The molecular formula is C17H27F6I. The van der Waals surface area contributed by atoms with E-state index in [1.165, 1.54) is 0 Å². The van der Waals surface area contributed by atoms with Crippen LogP contribution in [-0.4, -0.2) is 21.7 Å². The van der Waals surface area contributed by atoms with E-state index in [9.17, 15) is 26.3 Å². The van der Waals surface area contributed by atoms with Crippen LogP contribution in [-0.2, 0) is 0 Å². The van der Waals surface area contributed by atoms with Crippen molar-refractivity contribution in [1.82, 2.24) is 0 Å². The first-order chi connectivity index (χ1) is 11.1. The monoisotopic (exact) mass is 472 g/mol. The molecule has 1 fully saturated rings. The maximum Gasteiger partial charge on any atom is 0.428 e. The molecule has 144 valence electrons. The van der Waals surface area contributed by atoms with Crippen LogP contribution in [0.4, 0.5) is 26.3 Å². The van der Waals surface area contributed by atoms with Crippen molar-refractivity contribution in [3.63, 3.8) is 0 Å². The first kappa shape index (κ1) is 22.4. The van der Waals surface area contributed by atoms with Gasteiger partial charge in [0.15, 0.2) is 0 Å². The lowest BCUT2D eigenvalue weighted by atomic mass is 9.76. The Morgan fingerprint density at radius 3 is 2.00 bits per heavy atom. The molecule has 1 rings (SSSR count). The van der Waals surface area contributed by atoms with Crippen molar-refractivity contribution in [2.45, 2.75) is 99.2 Å². The zero-order valence-corrected chi connectivity index (χ0v) is 16.2. The van der Waals surface area contributed by atoms with Crippen LogP contribution in [0.5, 0.6) is 0 Å². The number of halogens is 7. The van der Waals surface area contributed by atoms with E-state index in [4.69, 9.17) is 0 Å². The third-order valence-corrected chi connectivity index (χ3v) is 6.03. The summed E-state index contributed by atoms with van der Waals surface area (Å²) in [7, 11) is 0. The highest BCUT2D eigenvalue weighted by Crippen LogP contribution is 2.54. The lowest BCUT2D eigenvalue weighted by Crippen LogP contribution is -2.59. The van der Waals surface area contributed by atoms with Gasteiger partial charge >= 0.3 is 6.18 Å². The Balaban J connectivity index is 2.84. The molecule has 0 aliphatic heterocycles. The van der Waals surface area contributed by atoms with E-state index in [0.717, 1.165) is 25.7 Å². The molecule has 0 saturated heterocycles. The molecule has 0 nitrogen and oxygen atoms in total. The molecular weight excluding hydrogens is 445 g/mol. The molecule has 0 amide bonds. The average molecular weight is 472 g/mol. The minimum absolute atomic E-state index is 0.0306. The molecule has 0 heterocycles. The van der Waals surface area contributed by atoms with Crippen molar-refractivity contribution in [3.8, 4) is 0 Å². The maximum atomic E-state index is 14.8. The quantitative estimate of drug-likeness (QED) is 0.140. The summed E-state index contributed by atoms with van der Waals surface area (Å²) in [5.41, 5.74) is -4.43. The van der Waals surface area contributed by atoms with Crippen LogP contribution in [0.1, 0.15) is 77.6 Å². The Morgan fingerprint density at radius 2 is 1.50 bits per heavy atom. The smallest absolute Gasteiger partial charge is 0.227 e. The lowest BCUT2D eigenvalue weighted by molar-refractivity contribution is -0.319. The molecule has 0 bridgehead atoms. The summed E-state index contributed by atoms with van der Waals surface area (Å²) in [5.74, 6) is -5.88. The molecule has 1 aliphatic rings. The molecule has 0 aromatic carbocycles. The Bertz CT molecular complexity index is 365. The number of rotatable bonds is 9. The van der Waals surface area contributed by atoms with Crippen LogP contribution in [0.25, 0.3) is 0 Å². The first-order valence-electron chi connectivity index (χ1n) is 8.83. The lowest BCUT2D eigenvalue weighted by Gasteiger charge is -2.41. The van der Waals surface area contributed by atoms with Crippen LogP contribution in [0.3, 0.4) is 0 Å². The predicted molar refractivity (Wildman–Crippen MR) is 92.6 cm³/mol. The molecule has 0 spiro atoms. The summed E-state index contributed by atoms with van der Waals surface area (Å²) in [6, 6.07) is 0. The van der Waals surface area contributed by atoms with Crippen LogP contribution in [0.15, 0.2) is 0 Å². The second-order valence-corrected chi connectivity index (χ2v) is 8.67. The van der Waals surface area contributed by atoms with Gasteiger partial charge in [-0.1, -0.05) is 74.5 Å². The zero-order valence-electron chi connectivity index (χ0n) is 14.1. The number of hydrogen-bond acceptors (Lipinski definition) is 0. The Hall–Kier alpha value is 0.310. The molecule has 0 aromatic heterocycles. The van der Waals surface area contributed by atoms with Crippen LogP contribution in [0, 0.1) is 5.92 Å². The van der Waals surface area contributed by atoms with E-state index in [-0.39, 0.29) is 12.8 Å². The van der Waals surface area contributed by atoms with E-state index in [1.54, 1.807) is 22.6 Å². The van der Waals surface area contributed by atoms with Crippen molar-refractivity contribution in [1.29, 1.82) is 0 Å². The third kappa shape index (κ3) is 5.40. The molecule has 2 atom stereocenters. The van der Waals surface area contributed by atoms with Gasteiger partial charge in [0.2, 0.25) is 0 Å². The Labute approximate surface area is 154 Å². The van der Waals surface area contributed by atoms with Gasteiger partial charge in [-0.25, -0.2) is 13.2 Å². The van der Waals surface area contributed by atoms with E-state index in [2.05, 4.69) is 0 Å². The summed E-state index contributed by atoms with van der Waals surface area (Å²) in [6.45, 7) is 2.00. The largest absolute Gasteiger partial charge is 0.428 e. The topological polar surface area (TPSA) is 0 Å². The molecule has 2 unspecified atom stereocenters. The highest BCUT2D eigenvalue weighted by Gasteiger charge is 2.72. The van der Waals surface area contributed by atoms with E-state index in [0.29, 0.717) is 25.7 Å². The van der Waals surface area contributed by atoms with E-state index in [1.807, 2.05) is 6.92 Å². The fourth-order valence-corrected chi connectivity index (χ4v) is 4.48. The minimum atomic E-state index is -5.55. The number of hydrogen-bond donors (Lipinski definition) is 0. The number of unbranched alkanes of at least 4 members (excludes halogenated alkanes) is 3. The zero-order chi connectivity index (χ0) is 18.4. The van der Waals surface area contributed by atoms with Crippen LogP contribution < -0.4 is 0 Å². The van der Waals surface area contributed by atoms with Crippen molar-refractivity contribution in [2.75, 3.05) is 0 Å². The van der Waals surface area contributed by atoms with Gasteiger partial charge in [0.25, 0.3) is 11.6 Å². The van der Waals surface area contributed by atoms with E-state index < -0.39 is 34.0 Å². The number of alkyl halides is 7. The predicted octanol–water partition coefficient (Wildman–Crippen LogP) is 7.64. The molecule has 0 aromatic rings. The Morgan fingerprint density at radius 1 is 0.917 bits per heavy atom. The van der Waals surface area contributed by atoms with Crippen molar-refractivity contribution >= 4 is 22.6 Å². The maximum absolute atomic E-state index is 14.8. The molecule has 24 heavy (non-hydrogen) atoms. The summed E-state index contributed by atoms with van der Waals surface area (Å²) >= 11 is 1.70. The SMILES string of the molecule is CCCCCCC(I)CC(F)(C(F)(F)F)C(F)(F)C1CCCCC1. The highest BCUT2D eigenvalue weighted by molar-refractivity contribution is 14.1. The van der Waals surface area contributed by atoms with Crippen molar-refractivity contribution < 1.29 is 26.3 Å². The van der Waals surface area contributed by atoms with Gasteiger partial charge in [-0.05, 0) is 19.3 Å². The van der Waals surface area contributed by atoms with Gasteiger partial charge in [0, 0.05) is 16.3 Å². The van der Waals surface area contributed by atoms with Crippen LogP contribution in [0.2, 0.25) is 0 Å². The second-order valence-electron chi connectivity index (χ2n) is 6.91. The Kier molecular flexibility index (Phi) is 8.67. The second kappa shape index (κ2) is 9.31. The summed E-state index contributed by atoms with van der Waals surface area (Å²) < 4.78 is 83.1. The summed E-state index contributed by atoms with van der Waals surface area (Å²) in [5, 5.41) is 0. The van der Waals surface area contributed by atoms with Crippen molar-refractivity contribution in [2.24, 2.45) is 5.92 Å². The third-order valence-electron chi connectivity index (χ3n) is 4.97. The normalized spacial score (nSPS) is 21.5. The van der Waals surface area contributed by atoms with Crippen LogP contribution >= 0.6 is 22.6 Å². The first-order valence-corrected chi connectivity index (χ1v) is 10.1. The standard InChI is InChI=1S/C17H27F6I/c1-2-3-4-8-11-14(24)12-15(18,17(21,22)23)16(19,20)13-9-6-5-7-10-13/h13-14H,2-12H2,1H3. The van der Waals surface area contributed by atoms with Gasteiger partial charge < -0.3 is 0 Å². The van der Waals surface area contributed by atoms with Gasteiger partial charge in [-0.15, -0.1) is 0 Å². The summed E-state index contributed by atoms with van der Waals surface area (Å²) in [6.07, 6.45) is -1.43. The van der Waals surface area contributed by atoms with E-state index >= 15 is 0 Å². The molecule has 0 N–H and O–H groups in total. The molecule has 7 heteroatoms. The fraction of sp³-hybridized carbons (Fsp3) is 1.00.